The van der Waals surface area contributed by atoms with E-state index in [1.165, 1.54) is 0 Å². The van der Waals surface area contributed by atoms with E-state index >= 15 is 0 Å². The van der Waals surface area contributed by atoms with E-state index in [4.69, 9.17) is 10.00 Å². The summed E-state index contributed by atoms with van der Waals surface area (Å²) in [5.74, 6) is -7.18. The van der Waals surface area contributed by atoms with Gasteiger partial charge in [-0.05, 0) is 24.3 Å². The third-order valence-corrected chi connectivity index (χ3v) is 5.26. The Bertz CT molecular complexity index is 1000. The fourth-order valence-corrected chi connectivity index (χ4v) is 3.92. The zero-order valence-corrected chi connectivity index (χ0v) is 13.6. The van der Waals surface area contributed by atoms with Gasteiger partial charge in [-0.15, -0.1) is 0 Å². The fourth-order valence-electron chi connectivity index (χ4n) is 2.54. The summed E-state index contributed by atoms with van der Waals surface area (Å²) in [5, 5.41) is 3.69. The summed E-state index contributed by atoms with van der Waals surface area (Å²) in [5.41, 5.74) is -3.14. The number of nitrogens with zero attached hydrogens (tertiary/aromatic N) is 1. The second kappa shape index (κ2) is 6.23. The molecule has 0 unspecified atom stereocenters. The Labute approximate surface area is 149 Å². The maximum Gasteiger partial charge on any atom is 0.391 e. The number of fused-ring (bicyclic) bond motifs is 1. The molecule has 0 amide bonds. The van der Waals surface area contributed by atoms with Crippen LogP contribution in [0, 0.1) is 17.1 Å². The highest BCUT2D eigenvalue weighted by atomic mass is 32.2. The number of benzene rings is 2. The molecule has 142 valence electrons. The highest BCUT2D eigenvalue weighted by Crippen LogP contribution is 2.57. The Kier molecular flexibility index (Phi) is 4.42. The molecule has 0 spiro atoms. The summed E-state index contributed by atoms with van der Waals surface area (Å²) in [6, 6.07) is 5.06. The predicted octanol–water partition coefficient (Wildman–Crippen LogP) is 5.23. The Balaban J connectivity index is 2.19. The minimum absolute atomic E-state index is 0.230. The van der Waals surface area contributed by atoms with Gasteiger partial charge in [0.1, 0.15) is 28.1 Å². The van der Waals surface area contributed by atoms with Gasteiger partial charge in [-0.2, -0.15) is 22.8 Å². The van der Waals surface area contributed by atoms with Gasteiger partial charge in [0.15, 0.2) is 0 Å². The van der Waals surface area contributed by atoms with Crippen LogP contribution in [-0.4, -0.2) is 9.46 Å². The van der Waals surface area contributed by atoms with E-state index in [-0.39, 0.29) is 5.56 Å². The molecule has 0 N–H and O–H groups in total. The Morgan fingerprint density at radius 2 is 1.78 bits per heavy atom. The van der Waals surface area contributed by atoms with Crippen molar-refractivity contribution < 1.29 is 39.7 Å². The number of alkyl halides is 6. The number of halogens is 7. The largest absolute Gasteiger partial charge is 0.457 e. The minimum Gasteiger partial charge on any atom is -0.457 e. The quantitative estimate of drug-likeness (QED) is 0.652. The number of hydrogen-bond acceptors (Lipinski definition) is 3. The highest BCUT2D eigenvalue weighted by Gasteiger charge is 2.69. The number of hydrogen-bond donors (Lipinski definition) is 0. The topological polar surface area (TPSA) is 50.1 Å². The summed E-state index contributed by atoms with van der Waals surface area (Å²) in [6.45, 7) is 0. The first-order chi connectivity index (χ1) is 12.5. The lowest BCUT2D eigenvalue weighted by Crippen LogP contribution is -2.35. The fraction of sp³-hybridized carbons (Fsp3) is 0.188. The number of nitriles is 1. The SMILES string of the molecule is N#Cc1cc(F)cc(Oc2ccc3c(c2C(F)F)[S@@](=O)C(F)(F)C3(F)F)c1. The molecule has 2 aromatic carbocycles. The van der Waals surface area contributed by atoms with Gasteiger partial charge in [0.05, 0.1) is 22.1 Å². The van der Waals surface area contributed by atoms with Crippen LogP contribution in [-0.2, 0) is 16.7 Å². The van der Waals surface area contributed by atoms with Crippen molar-refractivity contribution >= 4 is 10.8 Å². The molecule has 0 bridgehead atoms. The normalized spacial score (nSPS) is 19.6. The third kappa shape index (κ3) is 2.84. The monoisotopic (exact) mass is 409 g/mol. The van der Waals surface area contributed by atoms with Crippen molar-refractivity contribution in [1.82, 2.24) is 0 Å². The maximum atomic E-state index is 13.8. The lowest BCUT2D eigenvalue weighted by molar-refractivity contribution is -0.156. The van der Waals surface area contributed by atoms with Crippen LogP contribution in [0.3, 0.4) is 0 Å². The Morgan fingerprint density at radius 3 is 2.37 bits per heavy atom. The molecule has 0 fully saturated rings. The van der Waals surface area contributed by atoms with Gasteiger partial charge >= 0.3 is 11.2 Å². The van der Waals surface area contributed by atoms with Crippen molar-refractivity contribution in [3.05, 3.63) is 52.8 Å². The van der Waals surface area contributed by atoms with Crippen molar-refractivity contribution in [2.24, 2.45) is 0 Å². The molecular weight excluding hydrogens is 403 g/mol. The van der Waals surface area contributed by atoms with Gasteiger partial charge in [-0.3, -0.25) is 0 Å². The van der Waals surface area contributed by atoms with Crippen LogP contribution in [0.2, 0.25) is 0 Å². The molecule has 1 heterocycles. The molecule has 0 aromatic heterocycles. The van der Waals surface area contributed by atoms with E-state index in [1.54, 1.807) is 6.07 Å². The van der Waals surface area contributed by atoms with E-state index in [2.05, 4.69) is 0 Å². The first-order valence-electron chi connectivity index (χ1n) is 7.02. The second-order valence-electron chi connectivity index (χ2n) is 5.40. The first kappa shape index (κ1) is 19.2. The van der Waals surface area contributed by atoms with Crippen LogP contribution < -0.4 is 4.74 Å². The summed E-state index contributed by atoms with van der Waals surface area (Å²) < 4.78 is 112. The lowest BCUT2D eigenvalue weighted by Gasteiger charge is -2.17. The molecule has 2 aromatic rings. The van der Waals surface area contributed by atoms with Crippen LogP contribution in [0.4, 0.5) is 30.7 Å². The molecular formula is C16H6F7NO2S. The Morgan fingerprint density at radius 1 is 1.11 bits per heavy atom. The summed E-state index contributed by atoms with van der Waals surface area (Å²) in [4.78, 5) is -1.42. The second-order valence-corrected chi connectivity index (χ2v) is 6.86. The molecule has 11 heteroatoms. The van der Waals surface area contributed by atoms with Gasteiger partial charge in [0.25, 0.3) is 6.43 Å². The van der Waals surface area contributed by atoms with Crippen LogP contribution in [0.5, 0.6) is 11.5 Å². The van der Waals surface area contributed by atoms with E-state index in [0.29, 0.717) is 18.2 Å². The molecule has 1 atom stereocenters. The van der Waals surface area contributed by atoms with Gasteiger partial charge < -0.3 is 4.74 Å². The lowest BCUT2D eigenvalue weighted by atomic mass is 10.0. The maximum absolute atomic E-state index is 13.8. The molecule has 0 aliphatic carbocycles. The van der Waals surface area contributed by atoms with Gasteiger partial charge in [-0.1, -0.05) is 0 Å². The van der Waals surface area contributed by atoms with Crippen LogP contribution in [0.25, 0.3) is 0 Å². The minimum atomic E-state index is -5.08. The predicted molar refractivity (Wildman–Crippen MR) is 77.8 cm³/mol. The van der Waals surface area contributed by atoms with E-state index in [0.717, 1.165) is 12.1 Å². The third-order valence-electron chi connectivity index (χ3n) is 3.72. The summed E-state index contributed by atoms with van der Waals surface area (Å²) in [7, 11) is -3.76. The average Bonchev–Trinajstić information content (AvgIpc) is 2.71. The average molecular weight is 409 g/mol. The summed E-state index contributed by atoms with van der Waals surface area (Å²) in [6.07, 6.45) is -3.59. The van der Waals surface area contributed by atoms with Crippen LogP contribution in [0.1, 0.15) is 23.1 Å². The van der Waals surface area contributed by atoms with Crippen molar-refractivity contribution in [2.45, 2.75) is 22.5 Å². The first-order valence-corrected chi connectivity index (χ1v) is 8.17. The molecule has 1 aliphatic heterocycles. The van der Waals surface area contributed by atoms with Crippen molar-refractivity contribution in [3.63, 3.8) is 0 Å². The van der Waals surface area contributed by atoms with E-state index in [9.17, 15) is 34.9 Å². The summed E-state index contributed by atoms with van der Waals surface area (Å²) >= 11 is 0. The molecule has 0 saturated heterocycles. The van der Waals surface area contributed by atoms with Gasteiger partial charge in [0.2, 0.25) is 0 Å². The van der Waals surface area contributed by atoms with E-state index < -0.39 is 61.7 Å². The zero-order valence-electron chi connectivity index (χ0n) is 12.8. The Hall–Kier alpha value is -2.61. The molecule has 27 heavy (non-hydrogen) atoms. The zero-order chi connectivity index (χ0) is 20.1. The standard InChI is InChI=1S/C16H6F7NO2S/c17-8-3-7(6-24)4-9(5-8)26-11-2-1-10-13(12(11)14(18)19)27(25)16(22,23)15(10,20)21/h1-5,14H/t27-/m1/s1. The molecule has 0 saturated carbocycles. The van der Waals surface area contributed by atoms with Crippen LogP contribution in [0.15, 0.2) is 35.2 Å². The van der Waals surface area contributed by atoms with Gasteiger partial charge in [0, 0.05) is 11.6 Å². The molecule has 3 nitrogen and oxygen atoms in total. The van der Waals surface area contributed by atoms with E-state index in [1.807, 2.05) is 0 Å². The van der Waals surface area contributed by atoms with Crippen molar-refractivity contribution in [2.75, 3.05) is 0 Å². The van der Waals surface area contributed by atoms with Crippen molar-refractivity contribution in [1.29, 1.82) is 5.26 Å². The van der Waals surface area contributed by atoms with Crippen molar-refractivity contribution in [3.8, 4) is 17.6 Å². The van der Waals surface area contributed by atoms with Gasteiger partial charge in [-0.25, -0.2) is 17.4 Å². The highest BCUT2D eigenvalue weighted by molar-refractivity contribution is 7.86. The number of rotatable bonds is 3. The number of ether oxygens (including phenoxy) is 1. The van der Waals surface area contributed by atoms with Crippen LogP contribution >= 0.6 is 0 Å². The smallest absolute Gasteiger partial charge is 0.391 e. The molecule has 3 rings (SSSR count). The molecule has 0 radical (unpaired) electrons. The molecule has 1 aliphatic rings.